The van der Waals surface area contributed by atoms with Gasteiger partial charge in [0.15, 0.2) is 5.01 Å². The molecule has 2 aromatic rings. The number of nitrogens with zero attached hydrogens (tertiary/aromatic N) is 2. The normalized spacial score (nSPS) is 7.93. The Morgan fingerprint density at radius 1 is 1.13 bits per heavy atom. The van der Waals surface area contributed by atoms with Crippen LogP contribution in [0.5, 0.6) is 0 Å². The highest BCUT2D eigenvalue weighted by Gasteiger charge is 1.99. The van der Waals surface area contributed by atoms with Crippen LogP contribution in [0.25, 0.3) is 10.2 Å². The van der Waals surface area contributed by atoms with Crippen LogP contribution >= 0.6 is 11.3 Å². The number of hydrogen-bond acceptors (Lipinski definition) is 3. The van der Waals surface area contributed by atoms with Gasteiger partial charge in [0.2, 0.25) is 0 Å². The summed E-state index contributed by atoms with van der Waals surface area (Å²) in [5, 5.41) is 9.07. The molecule has 0 saturated carbocycles. The van der Waals surface area contributed by atoms with Gasteiger partial charge in [-0.3, -0.25) is 0 Å². The topological polar surface area (TPSA) is 36.7 Å². The number of para-hydroxylation sites is 1. The van der Waals surface area contributed by atoms with Crippen molar-refractivity contribution in [2.24, 2.45) is 0 Å². The lowest BCUT2D eigenvalue weighted by Crippen LogP contribution is -1.67. The fraction of sp³-hybridized carbons (Fsp3) is 0.333. The molecule has 0 amide bonds. The first-order chi connectivity index (χ1) is 7.40. The first kappa shape index (κ1) is 13.6. The van der Waals surface area contributed by atoms with E-state index < -0.39 is 0 Å². The second kappa shape index (κ2) is 7.95. The van der Waals surface area contributed by atoms with E-state index in [1.165, 1.54) is 11.3 Å². The molecule has 80 valence electrons. The first-order valence-corrected chi connectivity index (χ1v) is 5.97. The van der Waals surface area contributed by atoms with Crippen LogP contribution in [0.3, 0.4) is 0 Å². The van der Waals surface area contributed by atoms with Crippen LogP contribution in [0.15, 0.2) is 24.3 Å². The van der Waals surface area contributed by atoms with Gasteiger partial charge in [-0.05, 0) is 12.1 Å². The summed E-state index contributed by atoms with van der Waals surface area (Å²) in [5.74, 6) is 0. The number of nitriles is 1. The standard InChI is InChI=1S/C8H4N2S.2C2H6/c9-5-8-10-6-3-1-2-4-7(6)11-8;2*1-2/h1-4H;2*1-2H3. The van der Waals surface area contributed by atoms with Crippen LogP contribution in [0.1, 0.15) is 32.7 Å². The van der Waals surface area contributed by atoms with Gasteiger partial charge in [0.05, 0.1) is 10.2 Å². The summed E-state index contributed by atoms with van der Waals surface area (Å²) in [5.41, 5.74) is 0.911. The van der Waals surface area contributed by atoms with Gasteiger partial charge in [0.1, 0.15) is 6.07 Å². The SMILES string of the molecule is CC.CC.N#Cc1nc2ccccc2s1. The number of hydrogen-bond donors (Lipinski definition) is 0. The summed E-state index contributed by atoms with van der Waals surface area (Å²) in [7, 11) is 0. The van der Waals surface area contributed by atoms with Crippen LogP contribution in [-0.4, -0.2) is 4.98 Å². The predicted molar refractivity (Wildman–Crippen MR) is 67.0 cm³/mol. The van der Waals surface area contributed by atoms with E-state index in [4.69, 9.17) is 5.26 Å². The highest BCUT2D eigenvalue weighted by molar-refractivity contribution is 7.19. The molecule has 1 aromatic carbocycles. The van der Waals surface area contributed by atoms with Crippen LogP contribution in [0.2, 0.25) is 0 Å². The van der Waals surface area contributed by atoms with E-state index in [9.17, 15) is 0 Å². The quantitative estimate of drug-likeness (QED) is 0.666. The Morgan fingerprint density at radius 3 is 2.27 bits per heavy atom. The van der Waals surface area contributed by atoms with Crippen LogP contribution in [0.4, 0.5) is 0 Å². The van der Waals surface area contributed by atoms with Crippen molar-refractivity contribution in [3.63, 3.8) is 0 Å². The van der Waals surface area contributed by atoms with Gasteiger partial charge in [0.25, 0.3) is 0 Å². The van der Waals surface area contributed by atoms with Crippen molar-refractivity contribution in [3.05, 3.63) is 29.3 Å². The van der Waals surface area contributed by atoms with Crippen molar-refractivity contribution < 1.29 is 0 Å². The molecule has 0 radical (unpaired) electrons. The molecule has 0 aliphatic rings. The molecular weight excluding hydrogens is 204 g/mol. The van der Waals surface area contributed by atoms with Crippen molar-refractivity contribution in [2.75, 3.05) is 0 Å². The number of aromatic nitrogens is 1. The summed E-state index contributed by atoms with van der Waals surface area (Å²) >= 11 is 1.43. The maximum absolute atomic E-state index is 8.54. The molecule has 0 N–H and O–H groups in total. The second-order valence-electron chi connectivity index (χ2n) is 2.10. The third-order valence-corrected chi connectivity index (χ3v) is 2.33. The fourth-order valence-electron chi connectivity index (χ4n) is 0.920. The average Bonchev–Trinajstić information content (AvgIpc) is 2.77. The predicted octanol–water partition coefficient (Wildman–Crippen LogP) is 4.22. The smallest absolute Gasteiger partial charge is 0.195 e. The zero-order valence-electron chi connectivity index (χ0n) is 9.61. The molecule has 0 aliphatic carbocycles. The third kappa shape index (κ3) is 3.69. The molecular formula is C12H16N2S. The second-order valence-corrected chi connectivity index (χ2v) is 3.13. The maximum Gasteiger partial charge on any atom is 0.195 e. The molecule has 0 bridgehead atoms. The highest BCUT2D eigenvalue weighted by Crippen LogP contribution is 2.20. The van der Waals surface area contributed by atoms with Crippen molar-refractivity contribution in [1.82, 2.24) is 4.98 Å². The molecule has 1 aromatic heterocycles. The van der Waals surface area contributed by atoms with Gasteiger partial charge in [-0.1, -0.05) is 39.8 Å². The Labute approximate surface area is 95.2 Å². The number of benzene rings is 1. The van der Waals surface area contributed by atoms with Crippen molar-refractivity contribution >= 4 is 21.6 Å². The Bertz CT molecular complexity index is 393. The highest BCUT2D eigenvalue weighted by atomic mass is 32.1. The van der Waals surface area contributed by atoms with Crippen LogP contribution in [-0.2, 0) is 0 Å². The van der Waals surface area contributed by atoms with E-state index in [1.807, 2.05) is 58.0 Å². The molecule has 0 fully saturated rings. The number of fused-ring (bicyclic) bond motifs is 1. The Balaban J connectivity index is 0.000000442. The third-order valence-electron chi connectivity index (χ3n) is 1.39. The molecule has 3 heteroatoms. The maximum atomic E-state index is 8.54. The molecule has 0 saturated heterocycles. The van der Waals surface area contributed by atoms with Crippen molar-refractivity contribution in [2.45, 2.75) is 27.7 Å². The zero-order chi connectivity index (χ0) is 11.7. The number of thiazole rings is 1. The lowest BCUT2D eigenvalue weighted by molar-refractivity contribution is 1.40. The molecule has 0 atom stereocenters. The van der Waals surface area contributed by atoms with Crippen LogP contribution < -0.4 is 0 Å². The lowest BCUT2D eigenvalue weighted by Gasteiger charge is -1.80. The Hall–Kier alpha value is -1.40. The summed E-state index contributed by atoms with van der Waals surface area (Å²) in [6.45, 7) is 8.00. The van der Waals surface area contributed by atoms with Gasteiger partial charge in [-0.15, -0.1) is 11.3 Å². The van der Waals surface area contributed by atoms with Gasteiger partial charge in [-0.25, -0.2) is 4.98 Å². The molecule has 0 aliphatic heterocycles. The minimum absolute atomic E-state index is 0.534. The van der Waals surface area contributed by atoms with Crippen molar-refractivity contribution in [3.8, 4) is 6.07 Å². The van der Waals surface area contributed by atoms with Gasteiger partial charge in [0, 0.05) is 0 Å². The summed E-state index contributed by atoms with van der Waals surface area (Å²) < 4.78 is 1.07. The minimum Gasteiger partial charge on any atom is -0.226 e. The molecule has 0 spiro atoms. The fourth-order valence-corrected chi connectivity index (χ4v) is 1.68. The first-order valence-electron chi connectivity index (χ1n) is 5.16. The minimum atomic E-state index is 0.534. The van der Waals surface area contributed by atoms with E-state index in [0.717, 1.165) is 10.2 Å². The molecule has 2 rings (SSSR count). The molecule has 15 heavy (non-hydrogen) atoms. The summed E-state index contributed by atoms with van der Waals surface area (Å²) in [6.07, 6.45) is 0. The lowest BCUT2D eigenvalue weighted by atomic mass is 10.3. The largest absolute Gasteiger partial charge is 0.226 e. The average molecular weight is 220 g/mol. The van der Waals surface area contributed by atoms with E-state index in [1.54, 1.807) is 0 Å². The van der Waals surface area contributed by atoms with E-state index in [2.05, 4.69) is 4.98 Å². The van der Waals surface area contributed by atoms with Gasteiger partial charge in [-0.2, -0.15) is 5.26 Å². The Kier molecular flexibility index (Phi) is 7.21. The van der Waals surface area contributed by atoms with Crippen LogP contribution in [0, 0.1) is 11.3 Å². The van der Waals surface area contributed by atoms with Crippen molar-refractivity contribution in [1.29, 1.82) is 5.26 Å². The molecule has 1 heterocycles. The van der Waals surface area contributed by atoms with E-state index >= 15 is 0 Å². The summed E-state index contributed by atoms with van der Waals surface area (Å²) in [6, 6.07) is 9.77. The zero-order valence-corrected chi connectivity index (χ0v) is 10.4. The number of rotatable bonds is 0. The summed E-state index contributed by atoms with van der Waals surface area (Å²) in [4.78, 5) is 4.09. The van der Waals surface area contributed by atoms with E-state index in [0.29, 0.717) is 5.01 Å². The molecule has 0 unspecified atom stereocenters. The monoisotopic (exact) mass is 220 g/mol. The molecule has 2 nitrogen and oxygen atoms in total. The Morgan fingerprint density at radius 2 is 1.73 bits per heavy atom. The van der Waals surface area contributed by atoms with Gasteiger partial charge >= 0.3 is 0 Å². The van der Waals surface area contributed by atoms with E-state index in [-0.39, 0.29) is 0 Å². The van der Waals surface area contributed by atoms with Gasteiger partial charge < -0.3 is 0 Å².